The molecule has 0 radical (unpaired) electrons. The lowest BCUT2D eigenvalue weighted by molar-refractivity contribution is -0.141. The van der Waals surface area contributed by atoms with Crippen LogP contribution in [0.1, 0.15) is 37.1 Å². The number of nitrogens with one attached hydrogen (secondary N) is 1. The average Bonchev–Trinajstić information content (AvgIpc) is 2.81. The molecule has 1 unspecified atom stereocenters. The minimum Gasteiger partial charge on any atom is -0.469 e. The zero-order valence-electron chi connectivity index (χ0n) is 9.86. The van der Waals surface area contributed by atoms with Crippen LogP contribution in [-0.2, 0) is 9.53 Å². The molecule has 0 fully saturated rings. The van der Waals surface area contributed by atoms with Crippen LogP contribution in [-0.4, -0.2) is 19.6 Å². The minimum atomic E-state index is -0.164. The van der Waals surface area contributed by atoms with Crippen molar-refractivity contribution in [3.8, 4) is 0 Å². The van der Waals surface area contributed by atoms with Gasteiger partial charge in [0.05, 0.1) is 19.6 Å². The molecule has 90 valence electrons. The molecule has 0 aliphatic rings. The van der Waals surface area contributed by atoms with Gasteiger partial charge < -0.3 is 10.1 Å². The summed E-state index contributed by atoms with van der Waals surface area (Å²) in [4.78, 5) is 12.5. The smallest absolute Gasteiger partial charge is 0.307 e. The second-order valence-corrected chi connectivity index (χ2v) is 4.64. The molecule has 1 aromatic rings. The van der Waals surface area contributed by atoms with Gasteiger partial charge in [0.15, 0.2) is 0 Å². The van der Waals surface area contributed by atoms with E-state index in [0.29, 0.717) is 6.42 Å². The van der Waals surface area contributed by atoms with Crippen molar-refractivity contribution in [1.82, 2.24) is 5.32 Å². The van der Waals surface area contributed by atoms with Crippen LogP contribution in [0.15, 0.2) is 17.5 Å². The Balaban J connectivity index is 2.52. The van der Waals surface area contributed by atoms with E-state index < -0.39 is 0 Å². The monoisotopic (exact) mass is 241 g/mol. The Kier molecular flexibility index (Phi) is 6.11. The largest absolute Gasteiger partial charge is 0.469 e. The molecule has 0 aliphatic heterocycles. The summed E-state index contributed by atoms with van der Waals surface area (Å²) in [5, 5.41) is 5.43. The number of ether oxygens (including phenoxy) is 1. The van der Waals surface area contributed by atoms with Gasteiger partial charge in [-0.15, -0.1) is 11.3 Å². The van der Waals surface area contributed by atoms with Gasteiger partial charge in [-0.25, -0.2) is 0 Å². The molecule has 16 heavy (non-hydrogen) atoms. The second kappa shape index (κ2) is 7.41. The van der Waals surface area contributed by atoms with Crippen molar-refractivity contribution in [2.45, 2.75) is 32.2 Å². The van der Waals surface area contributed by atoms with Crippen molar-refractivity contribution in [2.75, 3.05) is 13.7 Å². The molecule has 1 heterocycles. The number of rotatable bonds is 7. The number of carbonyl (C=O) groups excluding carboxylic acids is 1. The van der Waals surface area contributed by atoms with Crippen LogP contribution in [0, 0.1) is 0 Å². The normalized spacial score (nSPS) is 12.4. The van der Waals surface area contributed by atoms with E-state index >= 15 is 0 Å². The van der Waals surface area contributed by atoms with E-state index in [1.807, 2.05) is 11.4 Å². The van der Waals surface area contributed by atoms with Crippen LogP contribution < -0.4 is 5.32 Å². The summed E-state index contributed by atoms with van der Waals surface area (Å²) in [6.07, 6.45) is 2.69. The number of unbranched alkanes of at least 4 members (excludes halogenated alkanes) is 1. The predicted octanol–water partition coefficient (Wildman–Crippen LogP) is 2.74. The minimum absolute atomic E-state index is 0.0963. The first kappa shape index (κ1) is 13.2. The highest BCUT2D eigenvalue weighted by Crippen LogP contribution is 2.22. The molecule has 1 N–H and O–H groups in total. The fraction of sp³-hybridized carbons (Fsp3) is 0.583. The maximum absolute atomic E-state index is 11.3. The molecule has 0 aliphatic carbocycles. The molecule has 0 spiro atoms. The molecular weight excluding hydrogens is 222 g/mol. The number of thiophene rings is 1. The highest BCUT2D eigenvalue weighted by molar-refractivity contribution is 7.10. The van der Waals surface area contributed by atoms with Crippen molar-refractivity contribution < 1.29 is 9.53 Å². The van der Waals surface area contributed by atoms with Crippen LogP contribution in [0.4, 0.5) is 0 Å². The fourth-order valence-corrected chi connectivity index (χ4v) is 2.27. The highest BCUT2D eigenvalue weighted by Gasteiger charge is 2.16. The molecule has 4 heteroatoms. The van der Waals surface area contributed by atoms with E-state index in [4.69, 9.17) is 4.74 Å². The highest BCUT2D eigenvalue weighted by atomic mass is 32.1. The quantitative estimate of drug-likeness (QED) is 0.589. The van der Waals surface area contributed by atoms with Gasteiger partial charge in [-0.3, -0.25) is 4.79 Å². The Morgan fingerprint density at radius 1 is 1.62 bits per heavy atom. The van der Waals surface area contributed by atoms with Gasteiger partial charge >= 0.3 is 5.97 Å². The van der Waals surface area contributed by atoms with Crippen molar-refractivity contribution >= 4 is 17.3 Å². The van der Waals surface area contributed by atoms with Gasteiger partial charge in [0, 0.05) is 4.88 Å². The van der Waals surface area contributed by atoms with Crippen LogP contribution in [0.3, 0.4) is 0 Å². The van der Waals surface area contributed by atoms with E-state index in [2.05, 4.69) is 18.3 Å². The van der Waals surface area contributed by atoms with Crippen molar-refractivity contribution in [3.05, 3.63) is 22.4 Å². The van der Waals surface area contributed by atoms with E-state index in [1.54, 1.807) is 11.3 Å². The molecule has 0 bridgehead atoms. The van der Waals surface area contributed by atoms with Gasteiger partial charge in [0.25, 0.3) is 0 Å². The first-order chi connectivity index (χ1) is 7.77. The molecule has 0 saturated heterocycles. The van der Waals surface area contributed by atoms with E-state index in [-0.39, 0.29) is 12.0 Å². The molecule has 3 nitrogen and oxygen atoms in total. The van der Waals surface area contributed by atoms with Gasteiger partial charge in [0.2, 0.25) is 0 Å². The zero-order valence-corrected chi connectivity index (χ0v) is 10.7. The first-order valence-electron chi connectivity index (χ1n) is 5.61. The molecule has 0 saturated carbocycles. The van der Waals surface area contributed by atoms with Crippen LogP contribution in [0.25, 0.3) is 0 Å². The molecule has 1 aromatic heterocycles. The number of hydrogen-bond acceptors (Lipinski definition) is 4. The summed E-state index contributed by atoms with van der Waals surface area (Å²) in [7, 11) is 1.43. The maximum Gasteiger partial charge on any atom is 0.307 e. The van der Waals surface area contributed by atoms with Gasteiger partial charge in [-0.1, -0.05) is 19.4 Å². The third kappa shape index (κ3) is 4.33. The SMILES string of the molecule is CCCCNC(CC(=O)OC)c1cccs1. The molecule has 0 amide bonds. The van der Waals surface area contributed by atoms with Gasteiger partial charge in [0.1, 0.15) is 0 Å². The van der Waals surface area contributed by atoms with E-state index in [1.165, 1.54) is 12.0 Å². The van der Waals surface area contributed by atoms with Crippen molar-refractivity contribution in [2.24, 2.45) is 0 Å². The molecule has 1 rings (SSSR count). The summed E-state index contributed by atoms with van der Waals surface area (Å²) in [5.41, 5.74) is 0. The Labute approximate surface area is 101 Å². The topological polar surface area (TPSA) is 38.3 Å². The van der Waals surface area contributed by atoms with E-state index in [9.17, 15) is 4.79 Å². The standard InChI is InChI=1S/C12H19NO2S/c1-3-4-7-13-10(9-12(14)15-2)11-6-5-8-16-11/h5-6,8,10,13H,3-4,7,9H2,1-2H3. The number of esters is 1. The third-order valence-electron chi connectivity index (χ3n) is 2.41. The Bertz CT molecular complexity index is 298. The summed E-state index contributed by atoms with van der Waals surface area (Å²) in [6, 6.07) is 4.15. The predicted molar refractivity (Wildman–Crippen MR) is 66.6 cm³/mol. The Morgan fingerprint density at radius 2 is 2.44 bits per heavy atom. The molecule has 1 atom stereocenters. The van der Waals surface area contributed by atoms with Crippen LogP contribution in [0.2, 0.25) is 0 Å². The zero-order chi connectivity index (χ0) is 11.8. The molecular formula is C12H19NO2S. The lowest BCUT2D eigenvalue weighted by atomic mass is 10.1. The molecule has 0 aromatic carbocycles. The van der Waals surface area contributed by atoms with Gasteiger partial charge in [-0.05, 0) is 24.4 Å². The summed E-state index contributed by atoms with van der Waals surface area (Å²) in [5.74, 6) is -0.164. The van der Waals surface area contributed by atoms with Crippen molar-refractivity contribution in [1.29, 1.82) is 0 Å². The Hall–Kier alpha value is -0.870. The average molecular weight is 241 g/mol. The lowest BCUT2D eigenvalue weighted by Crippen LogP contribution is -2.24. The maximum atomic E-state index is 11.3. The number of methoxy groups -OCH3 is 1. The van der Waals surface area contributed by atoms with Gasteiger partial charge in [-0.2, -0.15) is 0 Å². The fourth-order valence-electron chi connectivity index (χ4n) is 1.47. The Morgan fingerprint density at radius 3 is 3.00 bits per heavy atom. The third-order valence-corrected chi connectivity index (χ3v) is 3.39. The summed E-state index contributed by atoms with van der Waals surface area (Å²) >= 11 is 1.67. The second-order valence-electron chi connectivity index (χ2n) is 3.66. The summed E-state index contributed by atoms with van der Waals surface area (Å²) in [6.45, 7) is 3.10. The van der Waals surface area contributed by atoms with Crippen molar-refractivity contribution in [3.63, 3.8) is 0 Å². The number of hydrogen-bond donors (Lipinski definition) is 1. The summed E-state index contributed by atoms with van der Waals surface area (Å²) < 4.78 is 4.71. The van der Waals surface area contributed by atoms with Crippen LogP contribution in [0.5, 0.6) is 0 Å². The van der Waals surface area contributed by atoms with E-state index in [0.717, 1.165) is 19.4 Å². The van der Waals surface area contributed by atoms with Crippen LogP contribution >= 0.6 is 11.3 Å². The number of carbonyl (C=O) groups is 1. The lowest BCUT2D eigenvalue weighted by Gasteiger charge is -2.15. The first-order valence-corrected chi connectivity index (χ1v) is 6.49.